The first-order valence-corrected chi connectivity index (χ1v) is 13.9. The molecule has 2 aromatic heterocycles. The number of nitrogens with one attached hydrogen (secondary N) is 2. The molecule has 0 aliphatic carbocycles. The van der Waals surface area contributed by atoms with Gasteiger partial charge in [-0.3, -0.25) is 4.79 Å². The van der Waals surface area contributed by atoms with Crippen molar-refractivity contribution in [2.45, 2.75) is 6.42 Å². The van der Waals surface area contributed by atoms with Gasteiger partial charge >= 0.3 is 0 Å². The fourth-order valence-corrected chi connectivity index (χ4v) is 5.59. The number of fused-ring (bicyclic) bond motifs is 1. The number of halogens is 3. The van der Waals surface area contributed by atoms with E-state index in [0.717, 1.165) is 43.1 Å². The molecule has 0 unspecified atom stereocenters. The van der Waals surface area contributed by atoms with E-state index in [9.17, 15) is 4.79 Å². The molecule has 2 N–H and O–H groups in total. The zero-order valence-corrected chi connectivity index (χ0v) is 23.5. The van der Waals surface area contributed by atoms with Crippen LogP contribution in [0, 0.1) is 0 Å². The summed E-state index contributed by atoms with van der Waals surface area (Å²) in [4.78, 5) is 27.2. The number of aromatic nitrogens is 3. The van der Waals surface area contributed by atoms with Crippen molar-refractivity contribution in [3.8, 4) is 22.4 Å². The molecule has 40 heavy (non-hydrogen) atoms. The number of hydrogen-bond donors (Lipinski definition) is 2. The van der Waals surface area contributed by atoms with Crippen molar-refractivity contribution in [1.29, 1.82) is 0 Å². The second-order valence-corrected chi connectivity index (χ2v) is 10.6. The van der Waals surface area contributed by atoms with E-state index in [2.05, 4.69) is 32.3 Å². The number of H-pyrrole nitrogens is 1. The van der Waals surface area contributed by atoms with Crippen molar-refractivity contribution < 1.29 is 4.74 Å². The number of rotatable bonds is 5. The number of ether oxygens (including phenoxy) is 1. The third kappa shape index (κ3) is 5.25. The van der Waals surface area contributed by atoms with Crippen molar-refractivity contribution in [2.75, 3.05) is 36.5 Å². The monoisotopic (exact) mass is 591 g/mol. The zero-order valence-electron chi connectivity index (χ0n) is 21.3. The molecule has 0 spiro atoms. The zero-order chi connectivity index (χ0) is 27.6. The van der Waals surface area contributed by atoms with E-state index in [1.807, 2.05) is 36.4 Å². The number of aromatic amines is 1. The van der Waals surface area contributed by atoms with Gasteiger partial charge in [-0.15, -0.1) is 0 Å². The van der Waals surface area contributed by atoms with Crippen LogP contribution in [0.25, 0.3) is 33.3 Å². The van der Waals surface area contributed by atoms with Gasteiger partial charge in [-0.05, 0) is 48.9 Å². The molecule has 0 saturated carbocycles. The molecule has 3 heterocycles. The standard InChI is InChI=1S/C30H24Cl3N5O2/c31-22-6-1-4-20(26(22)21-5-2-7-23(32)28(21)33)24-16-25-27(30(39)35-17-34-25)29(37-24)36-18-8-10-19(11-9-18)38-12-3-14-40-15-13-38/h1-2,4-11,16-17H,3,12-15H2,(H,36,37)(H,34,35,39). The fraction of sp³-hybridized carbons (Fsp3) is 0.167. The van der Waals surface area contributed by atoms with Crippen molar-refractivity contribution in [1.82, 2.24) is 15.0 Å². The lowest BCUT2D eigenvalue weighted by Crippen LogP contribution is -2.25. The highest BCUT2D eigenvalue weighted by atomic mass is 35.5. The number of nitrogens with zero attached hydrogens (tertiary/aromatic N) is 3. The smallest absolute Gasteiger partial charge is 0.262 e. The minimum Gasteiger partial charge on any atom is -0.380 e. The lowest BCUT2D eigenvalue weighted by Gasteiger charge is -2.22. The summed E-state index contributed by atoms with van der Waals surface area (Å²) in [6.07, 6.45) is 2.37. The summed E-state index contributed by atoms with van der Waals surface area (Å²) < 4.78 is 5.58. The maximum absolute atomic E-state index is 12.9. The molecule has 1 fully saturated rings. The van der Waals surface area contributed by atoms with Crippen LogP contribution >= 0.6 is 34.8 Å². The topological polar surface area (TPSA) is 83.1 Å². The summed E-state index contributed by atoms with van der Waals surface area (Å²) in [7, 11) is 0. The van der Waals surface area contributed by atoms with Crippen LogP contribution in [0.4, 0.5) is 17.2 Å². The minimum atomic E-state index is -0.294. The molecule has 202 valence electrons. The molecule has 3 aromatic carbocycles. The lowest BCUT2D eigenvalue weighted by molar-refractivity contribution is 0.152. The Morgan fingerprint density at radius 2 is 1.68 bits per heavy atom. The molecule has 10 heteroatoms. The predicted octanol–water partition coefficient (Wildman–Crippen LogP) is 7.58. The summed E-state index contributed by atoms with van der Waals surface area (Å²) in [5.74, 6) is 0.376. The molecule has 0 amide bonds. The molecular formula is C30H24Cl3N5O2. The van der Waals surface area contributed by atoms with E-state index in [0.29, 0.717) is 55.2 Å². The van der Waals surface area contributed by atoms with E-state index in [1.54, 1.807) is 18.2 Å². The van der Waals surface area contributed by atoms with Crippen LogP contribution in [0.5, 0.6) is 0 Å². The van der Waals surface area contributed by atoms with Crippen LogP contribution in [0.15, 0.2) is 77.9 Å². The molecule has 1 aliphatic rings. The van der Waals surface area contributed by atoms with E-state index in [4.69, 9.17) is 44.5 Å². The highest BCUT2D eigenvalue weighted by Crippen LogP contribution is 2.43. The van der Waals surface area contributed by atoms with Crippen molar-refractivity contribution in [3.05, 3.63) is 98.5 Å². The van der Waals surface area contributed by atoms with Crippen LogP contribution in [-0.4, -0.2) is 41.3 Å². The Morgan fingerprint density at radius 1 is 0.900 bits per heavy atom. The molecule has 7 nitrogen and oxygen atoms in total. The minimum absolute atomic E-state index is 0.294. The van der Waals surface area contributed by atoms with E-state index < -0.39 is 0 Å². The molecular weight excluding hydrogens is 569 g/mol. The predicted molar refractivity (Wildman–Crippen MR) is 163 cm³/mol. The average Bonchev–Trinajstić information content (AvgIpc) is 3.25. The Morgan fingerprint density at radius 3 is 2.50 bits per heavy atom. The maximum Gasteiger partial charge on any atom is 0.262 e. The second-order valence-electron chi connectivity index (χ2n) is 9.37. The molecule has 1 aliphatic heterocycles. The second kappa shape index (κ2) is 11.5. The first-order valence-electron chi connectivity index (χ1n) is 12.8. The van der Waals surface area contributed by atoms with Crippen LogP contribution in [-0.2, 0) is 4.74 Å². The van der Waals surface area contributed by atoms with Gasteiger partial charge in [0.15, 0.2) is 0 Å². The lowest BCUT2D eigenvalue weighted by atomic mass is 9.96. The molecule has 0 atom stereocenters. The number of pyridine rings is 1. The quantitative estimate of drug-likeness (QED) is 0.219. The SMILES string of the molecule is O=c1[nH]cnc2cc(-c3cccc(Cl)c3-c3cccc(Cl)c3Cl)nc(Nc3ccc(N4CCCOCC4)cc3)c12. The van der Waals surface area contributed by atoms with Crippen molar-refractivity contribution >= 4 is 62.9 Å². The Kier molecular flexibility index (Phi) is 7.63. The average molecular weight is 593 g/mol. The summed E-state index contributed by atoms with van der Waals surface area (Å²) in [6.45, 7) is 3.29. The van der Waals surface area contributed by atoms with Gasteiger partial charge in [0, 0.05) is 52.8 Å². The largest absolute Gasteiger partial charge is 0.380 e. The first-order chi connectivity index (χ1) is 19.5. The first kappa shape index (κ1) is 26.6. The number of anilines is 3. The molecule has 0 radical (unpaired) electrons. The van der Waals surface area contributed by atoms with E-state index in [1.165, 1.54) is 6.33 Å². The van der Waals surface area contributed by atoms with Crippen molar-refractivity contribution in [3.63, 3.8) is 0 Å². The highest BCUT2D eigenvalue weighted by molar-refractivity contribution is 6.44. The summed E-state index contributed by atoms with van der Waals surface area (Å²) in [5, 5.41) is 5.00. The molecule has 6 rings (SSSR count). The van der Waals surface area contributed by atoms with E-state index >= 15 is 0 Å². The summed E-state index contributed by atoms with van der Waals surface area (Å²) in [6, 6.07) is 20.8. The van der Waals surface area contributed by atoms with Gasteiger partial charge < -0.3 is 19.9 Å². The Hall–Kier alpha value is -3.62. The van der Waals surface area contributed by atoms with Gasteiger partial charge in [0.25, 0.3) is 5.56 Å². The Balaban J connectivity index is 1.44. The molecule has 1 saturated heterocycles. The summed E-state index contributed by atoms with van der Waals surface area (Å²) in [5.41, 5.74) is 4.75. The third-order valence-corrected chi connectivity index (χ3v) is 7.99. The van der Waals surface area contributed by atoms with Crippen LogP contribution < -0.4 is 15.8 Å². The summed E-state index contributed by atoms with van der Waals surface area (Å²) >= 11 is 19.6. The number of benzene rings is 3. The van der Waals surface area contributed by atoms with Gasteiger partial charge in [-0.25, -0.2) is 9.97 Å². The van der Waals surface area contributed by atoms with Gasteiger partial charge in [-0.2, -0.15) is 0 Å². The Bertz CT molecular complexity index is 1750. The van der Waals surface area contributed by atoms with E-state index in [-0.39, 0.29) is 5.56 Å². The highest BCUT2D eigenvalue weighted by Gasteiger charge is 2.19. The van der Waals surface area contributed by atoms with Crippen molar-refractivity contribution in [2.24, 2.45) is 0 Å². The number of hydrogen-bond acceptors (Lipinski definition) is 6. The van der Waals surface area contributed by atoms with Gasteiger partial charge in [0.05, 0.1) is 34.2 Å². The van der Waals surface area contributed by atoms with Gasteiger partial charge in [0.1, 0.15) is 11.2 Å². The molecule has 5 aromatic rings. The fourth-order valence-electron chi connectivity index (χ4n) is 4.92. The van der Waals surface area contributed by atoms with Crippen LogP contribution in [0.2, 0.25) is 15.1 Å². The van der Waals surface area contributed by atoms with Crippen LogP contribution in [0.3, 0.4) is 0 Å². The normalized spacial score (nSPS) is 13.8. The Labute approximate surface area is 245 Å². The molecule has 0 bridgehead atoms. The third-order valence-electron chi connectivity index (χ3n) is 6.85. The van der Waals surface area contributed by atoms with Gasteiger partial charge in [0.2, 0.25) is 0 Å². The maximum atomic E-state index is 12.9. The van der Waals surface area contributed by atoms with Gasteiger partial charge in [-0.1, -0.05) is 59.1 Å². The van der Waals surface area contributed by atoms with Crippen LogP contribution in [0.1, 0.15) is 6.42 Å².